The van der Waals surface area contributed by atoms with Gasteiger partial charge in [0.25, 0.3) is 5.69 Å². The highest BCUT2D eigenvalue weighted by molar-refractivity contribution is 5.68. The van der Waals surface area contributed by atoms with E-state index in [0.717, 1.165) is 25.1 Å². The van der Waals surface area contributed by atoms with Gasteiger partial charge < -0.3 is 10.1 Å². The Morgan fingerprint density at radius 1 is 1.39 bits per heavy atom. The molecule has 0 aromatic heterocycles. The van der Waals surface area contributed by atoms with Crippen LogP contribution in [0.2, 0.25) is 0 Å². The monoisotopic (exact) mass is 321 g/mol. The van der Waals surface area contributed by atoms with Crippen molar-refractivity contribution in [3.63, 3.8) is 0 Å². The number of carbonyl (C=O) groups is 1. The van der Waals surface area contributed by atoms with E-state index in [1.54, 1.807) is 12.1 Å². The van der Waals surface area contributed by atoms with Crippen LogP contribution in [0.4, 0.5) is 10.5 Å². The number of hydrogen-bond acceptors (Lipinski definition) is 5. The number of likely N-dealkylation sites (tertiary alicyclic amines) is 1. The second-order valence-corrected chi connectivity index (χ2v) is 6.79. The van der Waals surface area contributed by atoms with E-state index in [2.05, 4.69) is 10.2 Å². The van der Waals surface area contributed by atoms with Gasteiger partial charge in [-0.1, -0.05) is 12.1 Å². The molecule has 0 bridgehead atoms. The van der Waals surface area contributed by atoms with Crippen LogP contribution in [0.15, 0.2) is 24.3 Å². The van der Waals surface area contributed by atoms with Crippen LogP contribution in [0.1, 0.15) is 32.8 Å². The number of ether oxygens (including phenoxy) is 1. The Morgan fingerprint density at radius 3 is 2.61 bits per heavy atom. The number of nitrogens with one attached hydrogen (secondary N) is 1. The molecule has 7 heteroatoms. The zero-order valence-electron chi connectivity index (χ0n) is 13.7. The van der Waals surface area contributed by atoms with Crippen molar-refractivity contribution in [1.82, 2.24) is 10.2 Å². The van der Waals surface area contributed by atoms with E-state index in [0.29, 0.717) is 6.54 Å². The van der Waals surface area contributed by atoms with Gasteiger partial charge in [-0.25, -0.2) is 4.79 Å². The highest BCUT2D eigenvalue weighted by atomic mass is 16.6. The third kappa shape index (κ3) is 5.52. The van der Waals surface area contributed by atoms with Gasteiger partial charge >= 0.3 is 6.09 Å². The summed E-state index contributed by atoms with van der Waals surface area (Å²) in [7, 11) is 0. The third-order valence-corrected chi connectivity index (χ3v) is 3.55. The summed E-state index contributed by atoms with van der Waals surface area (Å²) in [6, 6.07) is 6.64. The molecule has 0 spiro atoms. The fourth-order valence-electron chi connectivity index (χ4n) is 2.55. The predicted molar refractivity (Wildman–Crippen MR) is 86.1 cm³/mol. The summed E-state index contributed by atoms with van der Waals surface area (Å²) in [4.78, 5) is 24.2. The fraction of sp³-hybridized carbons (Fsp3) is 0.562. The lowest BCUT2D eigenvalue weighted by atomic mass is 10.2. The van der Waals surface area contributed by atoms with Crippen LogP contribution in [0.5, 0.6) is 0 Å². The number of non-ortho nitro benzene ring substituents is 1. The van der Waals surface area contributed by atoms with Gasteiger partial charge in [-0.2, -0.15) is 0 Å². The summed E-state index contributed by atoms with van der Waals surface area (Å²) in [6.07, 6.45) is 0.478. The Hall–Kier alpha value is -2.15. The molecule has 0 saturated carbocycles. The van der Waals surface area contributed by atoms with Gasteiger partial charge in [-0.05, 0) is 32.8 Å². The van der Waals surface area contributed by atoms with Crippen molar-refractivity contribution in [3.05, 3.63) is 39.9 Å². The summed E-state index contributed by atoms with van der Waals surface area (Å²) in [5, 5.41) is 13.5. The Balaban J connectivity index is 1.81. The number of carbonyl (C=O) groups excluding carboxylic acids is 1. The molecule has 7 nitrogen and oxygen atoms in total. The average molecular weight is 321 g/mol. The molecular weight excluding hydrogens is 298 g/mol. The highest BCUT2D eigenvalue weighted by Gasteiger charge is 2.26. The maximum Gasteiger partial charge on any atom is 0.407 e. The largest absolute Gasteiger partial charge is 0.444 e. The van der Waals surface area contributed by atoms with Gasteiger partial charge in [-0.15, -0.1) is 0 Å². The van der Waals surface area contributed by atoms with Gasteiger partial charge in [0.05, 0.1) is 4.92 Å². The van der Waals surface area contributed by atoms with E-state index in [1.807, 2.05) is 20.8 Å². The molecule has 0 radical (unpaired) electrons. The van der Waals surface area contributed by atoms with E-state index >= 15 is 0 Å². The number of benzene rings is 1. The first-order valence-electron chi connectivity index (χ1n) is 7.68. The third-order valence-electron chi connectivity index (χ3n) is 3.55. The van der Waals surface area contributed by atoms with Crippen molar-refractivity contribution >= 4 is 11.8 Å². The normalized spacial score (nSPS) is 18.7. The maximum atomic E-state index is 11.8. The van der Waals surface area contributed by atoms with Crippen molar-refractivity contribution in [2.24, 2.45) is 0 Å². The second kappa shape index (κ2) is 6.95. The van der Waals surface area contributed by atoms with Crippen molar-refractivity contribution in [2.75, 3.05) is 13.1 Å². The summed E-state index contributed by atoms with van der Waals surface area (Å²) >= 11 is 0. The molecule has 1 aromatic rings. The number of rotatable bonds is 4. The number of hydrogen-bond donors (Lipinski definition) is 1. The Labute approximate surface area is 135 Å². The minimum atomic E-state index is -0.499. The van der Waals surface area contributed by atoms with E-state index in [-0.39, 0.29) is 17.8 Å². The molecule has 0 aliphatic carbocycles. The molecule has 1 aliphatic heterocycles. The lowest BCUT2D eigenvalue weighted by Gasteiger charge is -2.22. The Bertz CT molecular complexity index is 566. The van der Waals surface area contributed by atoms with Gasteiger partial charge in [0.15, 0.2) is 0 Å². The molecule has 1 atom stereocenters. The number of nitro groups is 1. The van der Waals surface area contributed by atoms with E-state index in [9.17, 15) is 14.9 Å². The molecule has 23 heavy (non-hydrogen) atoms. The van der Waals surface area contributed by atoms with Gasteiger partial charge in [0.1, 0.15) is 5.60 Å². The van der Waals surface area contributed by atoms with Crippen molar-refractivity contribution in [2.45, 2.75) is 45.4 Å². The Kier molecular flexibility index (Phi) is 5.20. The van der Waals surface area contributed by atoms with Gasteiger partial charge in [0.2, 0.25) is 0 Å². The quantitative estimate of drug-likeness (QED) is 0.681. The van der Waals surface area contributed by atoms with Crippen LogP contribution >= 0.6 is 0 Å². The second-order valence-electron chi connectivity index (χ2n) is 6.79. The number of amides is 1. The lowest BCUT2D eigenvalue weighted by Crippen LogP contribution is -2.40. The smallest absolute Gasteiger partial charge is 0.407 e. The molecule has 1 aromatic carbocycles. The van der Waals surface area contributed by atoms with Crippen molar-refractivity contribution < 1.29 is 14.5 Å². The summed E-state index contributed by atoms with van der Waals surface area (Å²) in [6.45, 7) is 7.84. The molecule has 1 fully saturated rings. The molecule has 1 N–H and O–H groups in total. The highest BCUT2D eigenvalue weighted by Crippen LogP contribution is 2.17. The van der Waals surface area contributed by atoms with E-state index in [1.165, 1.54) is 12.1 Å². The average Bonchev–Trinajstić information content (AvgIpc) is 2.84. The van der Waals surface area contributed by atoms with Gasteiger partial charge in [0, 0.05) is 37.8 Å². The van der Waals surface area contributed by atoms with Crippen LogP contribution in [0.3, 0.4) is 0 Å². The zero-order valence-corrected chi connectivity index (χ0v) is 13.7. The van der Waals surface area contributed by atoms with Crippen LogP contribution in [0, 0.1) is 10.1 Å². The van der Waals surface area contributed by atoms with E-state index < -0.39 is 10.5 Å². The van der Waals surface area contributed by atoms with Gasteiger partial charge in [-0.3, -0.25) is 15.0 Å². The summed E-state index contributed by atoms with van der Waals surface area (Å²) in [5.41, 5.74) is 0.620. The minimum absolute atomic E-state index is 0.0721. The van der Waals surface area contributed by atoms with Crippen LogP contribution in [-0.2, 0) is 11.3 Å². The zero-order chi connectivity index (χ0) is 17.0. The number of nitrogens with zero attached hydrogens (tertiary/aromatic N) is 2. The Morgan fingerprint density at radius 2 is 2.04 bits per heavy atom. The van der Waals surface area contributed by atoms with Crippen molar-refractivity contribution in [3.8, 4) is 0 Å². The molecule has 2 rings (SSSR count). The molecule has 1 amide bonds. The summed E-state index contributed by atoms with van der Waals surface area (Å²) < 4.78 is 5.26. The first kappa shape index (κ1) is 17.2. The molecule has 0 unspecified atom stereocenters. The molecule has 1 saturated heterocycles. The van der Waals surface area contributed by atoms with E-state index in [4.69, 9.17) is 4.74 Å². The topological polar surface area (TPSA) is 84.7 Å². The maximum absolute atomic E-state index is 11.8. The van der Waals surface area contributed by atoms with Crippen molar-refractivity contribution in [1.29, 1.82) is 0 Å². The molecule has 1 heterocycles. The minimum Gasteiger partial charge on any atom is -0.444 e. The SMILES string of the molecule is CC(C)(C)OC(=O)N[C@@H]1CCN(Cc2ccc([N+](=O)[O-])cc2)C1. The number of nitro benzene ring substituents is 1. The molecular formula is C16H23N3O4. The van der Waals surface area contributed by atoms with Crippen LogP contribution < -0.4 is 5.32 Å². The molecule has 1 aliphatic rings. The lowest BCUT2D eigenvalue weighted by molar-refractivity contribution is -0.384. The summed E-state index contributed by atoms with van der Waals surface area (Å²) in [5.74, 6) is 0. The number of alkyl carbamates (subject to hydrolysis) is 1. The molecule has 126 valence electrons. The van der Waals surface area contributed by atoms with Crippen LogP contribution in [-0.4, -0.2) is 40.6 Å². The first-order chi connectivity index (χ1) is 10.7. The fourth-order valence-corrected chi connectivity index (χ4v) is 2.55. The first-order valence-corrected chi connectivity index (χ1v) is 7.68. The predicted octanol–water partition coefficient (Wildman–Crippen LogP) is 2.69. The standard InChI is InChI=1S/C16H23N3O4/c1-16(2,3)23-15(20)17-13-8-9-18(11-13)10-12-4-6-14(7-5-12)19(21)22/h4-7,13H,8-11H2,1-3H3,(H,17,20)/t13-/m1/s1. The van der Waals surface area contributed by atoms with Crippen LogP contribution in [0.25, 0.3) is 0 Å².